The van der Waals surface area contributed by atoms with Gasteiger partial charge in [-0.2, -0.15) is 8.42 Å². The van der Waals surface area contributed by atoms with E-state index in [1.807, 2.05) is 0 Å². The summed E-state index contributed by atoms with van der Waals surface area (Å²) < 4.78 is 51.5. The highest BCUT2D eigenvalue weighted by Gasteiger charge is 2.48. The summed E-state index contributed by atoms with van der Waals surface area (Å²) in [5.74, 6) is -6.19. The van der Waals surface area contributed by atoms with E-state index in [4.69, 9.17) is 18.4 Å². The van der Waals surface area contributed by atoms with Crippen molar-refractivity contribution < 1.29 is 71.6 Å². The SMILES string of the molecule is O=C(O)[C@H]1O[C@@H](Oc2c(-c3ccc(O)c(OS(=O)(=O)O)c3)oc3cc(O)cc(O)c3c2=O)[C@H](O)[C@@H](O)[C@@H]1O. The molecule has 1 aliphatic rings. The third-order valence-electron chi connectivity index (χ3n) is 5.38. The molecule has 16 nitrogen and oxygen atoms in total. The van der Waals surface area contributed by atoms with Gasteiger partial charge in [0, 0.05) is 17.7 Å². The molecule has 0 radical (unpaired) electrons. The van der Waals surface area contributed by atoms with Crippen LogP contribution >= 0.6 is 0 Å². The summed E-state index contributed by atoms with van der Waals surface area (Å²) >= 11 is 0. The number of rotatable bonds is 6. The Kier molecular flexibility index (Phi) is 6.82. The van der Waals surface area contributed by atoms with Crippen molar-refractivity contribution in [3.63, 3.8) is 0 Å². The minimum atomic E-state index is -5.13. The summed E-state index contributed by atoms with van der Waals surface area (Å²) in [6, 6.07) is 4.42. The quantitative estimate of drug-likeness (QED) is 0.169. The maximum atomic E-state index is 13.4. The lowest BCUT2D eigenvalue weighted by molar-refractivity contribution is -0.271. The van der Waals surface area contributed by atoms with Crippen molar-refractivity contribution in [1.82, 2.24) is 0 Å². The Labute approximate surface area is 210 Å². The number of aliphatic hydroxyl groups is 3. The van der Waals surface area contributed by atoms with Crippen LogP contribution in [0.4, 0.5) is 0 Å². The summed E-state index contributed by atoms with van der Waals surface area (Å²) in [5, 5.41) is 68.9. The van der Waals surface area contributed by atoms with Crippen LogP contribution in [0.3, 0.4) is 0 Å². The summed E-state index contributed by atoms with van der Waals surface area (Å²) in [7, 11) is -5.13. The Morgan fingerprint density at radius 2 is 1.63 bits per heavy atom. The van der Waals surface area contributed by atoms with Crippen LogP contribution < -0.4 is 14.3 Å². The highest BCUT2D eigenvalue weighted by Crippen LogP contribution is 2.40. The maximum Gasteiger partial charge on any atom is 0.446 e. The Hall–Kier alpha value is -4.13. The summed E-state index contributed by atoms with van der Waals surface area (Å²) in [6.45, 7) is 0. The zero-order valence-corrected chi connectivity index (χ0v) is 19.3. The van der Waals surface area contributed by atoms with E-state index in [1.54, 1.807) is 0 Å². The lowest BCUT2D eigenvalue weighted by atomic mass is 9.99. The number of carboxylic acid groups (broad SMARTS) is 1. The molecule has 17 heteroatoms. The molecule has 3 aromatic rings. The number of aromatic hydroxyl groups is 3. The van der Waals surface area contributed by atoms with Gasteiger partial charge in [0.25, 0.3) is 0 Å². The molecule has 0 aliphatic carbocycles. The van der Waals surface area contributed by atoms with Crippen LogP contribution in [0.1, 0.15) is 0 Å². The van der Waals surface area contributed by atoms with Crippen LogP contribution in [0.25, 0.3) is 22.3 Å². The number of hydrogen-bond donors (Lipinski definition) is 8. The summed E-state index contributed by atoms with van der Waals surface area (Å²) in [4.78, 5) is 24.8. The number of carboxylic acids is 1. The molecule has 1 saturated heterocycles. The largest absolute Gasteiger partial charge is 0.508 e. The third kappa shape index (κ3) is 5.01. The van der Waals surface area contributed by atoms with Crippen molar-refractivity contribution in [2.45, 2.75) is 30.7 Å². The van der Waals surface area contributed by atoms with E-state index < -0.39 is 98.0 Å². The molecule has 0 amide bonds. The molecule has 0 saturated carbocycles. The number of aliphatic hydroxyl groups excluding tert-OH is 3. The van der Waals surface area contributed by atoms with Crippen LogP contribution in [0.2, 0.25) is 0 Å². The number of ether oxygens (including phenoxy) is 2. The Morgan fingerprint density at radius 1 is 0.947 bits per heavy atom. The van der Waals surface area contributed by atoms with Gasteiger partial charge in [0.2, 0.25) is 17.5 Å². The molecule has 38 heavy (non-hydrogen) atoms. The fraction of sp³-hybridized carbons (Fsp3) is 0.238. The van der Waals surface area contributed by atoms with Crippen molar-refractivity contribution in [3.8, 4) is 40.1 Å². The molecule has 0 bridgehead atoms. The van der Waals surface area contributed by atoms with E-state index in [-0.39, 0.29) is 5.56 Å². The second-order valence-electron chi connectivity index (χ2n) is 7.97. The van der Waals surface area contributed by atoms with Gasteiger partial charge in [0.1, 0.15) is 40.8 Å². The molecular formula is C21H18O16S. The van der Waals surface area contributed by atoms with Crippen molar-refractivity contribution in [1.29, 1.82) is 0 Å². The van der Waals surface area contributed by atoms with Crippen LogP contribution in [-0.4, -0.2) is 85.4 Å². The van der Waals surface area contributed by atoms with Crippen molar-refractivity contribution in [3.05, 3.63) is 40.6 Å². The Bertz CT molecular complexity index is 1580. The fourth-order valence-corrected chi connectivity index (χ4v) is 4.03. The molecule has 4 rings (SSSR count). The minimum absolute atomic E-state index is 0.279. The zero-order valence-electron chi connectivity index (χ0n) is 18.5. The zero-order chi connectivity index (χ0) is 28.1. The van der Waals surface area contributed by atoms with Crippen LogP contribution in [0, 0.1) is 0 Å². The second-order valence-corrected chi connectivity index (χ2v) is 9.00. The molecular weight excluding hydrogens is 540 g/mol. The summed E-state index contributed by atoms with van der Waals surface area (Å²) in [6.07, 6.45) is -10.5. The van der Waals surface area contributed by atoms with Crippen molar-refractivity contribution >= 4 is 27.3 Å². The van der Waals surface area contributed by atoms with Gasteiger partial charge < -0.3 is 53.8 Å². The molecule has 204 valence electrons. The average molecular weight is 558 g/mol. The standard InChI is InChI=1S/C21H18O16S/c22-7-4-9(24)12-11(5-7)34-17(6-1-2-8(23)10(3-6)37-38(31,32)33)18(13(12)25)35-21-16(28)14(26)15(27)19(36-21)20(29)30/h1-5,14-16,19,21-24,26-28H,(H,29,30)(H,31,32,33)/t14-,15-,16+,19-,21+/m0/s1. The van der Waals surface area contributed by atoms with Gasteiger partial charge in [0.15, 0.2) is 23.4 Å². The van der Waals surface area contributed by atoms with Gasteiger partial charge in [-0.3, -0.25) is 9.35 Å². The molecule has 8 N–H and O–H groups in total. The van der Waals surface area contributed by atoms with Crippen LogP contribution in [0.15, 0.2) is 39.5 Å². The molecule has 0 spiro atoms. The van der Waals surface area contributed by atoms with E-state index in [0.717, 1.165) is 30.3 Å². The highest BCUT2D eigenvalue weighted by atomic mass is 32.3. The van der Waals surface area contributed by atoms with Crippen LogP contribution in [-0.2, 0) is 19.9 Å². The molecule has 5 atom stereocenters. The molecule has 2 heterocycles. The van der Waals surface area contributed by atoms with Gasteiger partial charge in [0.05, 0.1) is 0 Å². The predicted octanol–water partition coefficient (Wildman–Crippen LogP) is -0.971. The maximum absolute atomic E-state index is 13.4. The van der Waals surface area contributed by atoms with Crippen molar-refractivity contribution in [2.75, 3.05) is 0 Å². The number of phenols is 3. The lowest BCUT2D eigenvalue weighted by Crippen LogP contribution is -2.61. The first-order valence-corrected chi connectivity index (χ1v) is 11.7. The molecule has 0 unspecified atom stereocenters. The Balaban J connectivity index is 1.93. The number of benzene rings is 2. The van der Waals surface area contributed by atoms with Gasteiger partial charge >= 0.3 is 16.4 Å². The van der Waals surface area contributed by atoms with Crippen LogP contribution in [0.5, 0.6) is 28.7 Å². The topological polar surface area (TPSA) is 271 Å². The van der Waals surface area contributed by atoms with E-state index in [9.17, 15) is 53.8 Å². The number of hydrogen-bond acceptors (Lipinski definition) is 14. The van der Waals surface area contributed by atoms with Gasteiger partial charge in [-0.1, -0.05) is 0 Å². The smallest absolute Gasteiger partial charge is 0.446 e. The first-order chi connectivity index (χ1) is 17.7. The molecule has 1 aliphatic heterocycles. The molecule has 1 aromatic heterocycles. The van der Waals surface area contributed by atoms with Crippen molar-refractivity contribution in [2.24, 2.45) is 0 Å². The average Bonchev–Trinajstić information content (AvgIpc) is 2.80. The van der Waals surface area contributed by atoms with Gasteiger partial charge in [-0.05, 0) is 18.2 Å². The Morgan fingerprint density at radius 3 is 2.26 bits per heavy atom. The van der Waals surface area contributed by atoms with E-state index >= 15 is 0 Å². The van der Waals surface area contributed by atoms with Gasteiger partial charge in [-0.15, -0.1) is 0 Å². The van der Waals surface area contributed by atoms with E-state index in [2.05, 4.69) is 4.18 Å². The minimum Gasteiger partial charge on any atom is -0.508 e. The van der Waals surface area contributed by atoms with E-state index in [0.29, 0.717) is 0 Å². The second kappa shape index (κ2) is 9.63. The lowest BCUT2D eigenvalue weighted by Gasteiger charge is -2.38. The predicted molar refractivity (Wildman–Crippen MR) is 120 cm³/mol. The molecule has 2 aromatic carbocycles. The normalized spacial score (nSPS) is 23.7. The molecule has 1 fully saturated rings. The number of fused-ring (bicyclic) bond motifs is 1. The number of aliphatic carboxylic acids is 1. The monoisotopic (exact) mass is 558 g/mol. The highest BCUT2D eigenvalue weighted by molar-refractivity contribution is 7.81. The number of phenolic OH excluding ortho intramolecular Hbond substituents is 3. The first kappa shape index (κ1) is 26.9. The summed E-state index contributed by atoms with van der Waals surface area (Å²) in [5.41, 5.74) is -1.88. The van der Waals surface area contributed by atoms with E-state index in [1.165, 1.54) is 0 Å². The third-order valence-corrected chi connectivity index (χ3v) is 5.77. The number of carbonyl (C=O) groups is 1. The fourth-order valence-electron chi connectivity index (χ4n) is 3.67. The first-order valence-electron chi connectivity index (χ1n) is 10.3. The van der Waals surface area contributed by atoms with Gasteiger partial charge in [-0.25, -0.2) is 4.79 Å².